The van der Waals surface area contributed by atoms with E-state index in [1.807, 2.05) is 54.6 Å². The van der Waals surface area contributed by atoms with Crippen LogP contribution in [-0.4, -0.2) is 15.9 Å². The summed E-state index contributed by atoms with van der Waals surface area (Å²) >= 11 is 0. The molecule has 4 rings (SSSR count). The summed E-state index contributed by atoms with van der Waals surface area (Å²) in [4.78, 5) is 19.6. The van der Waals surface area contributed by atoms with Gasteiger partial charge >= 0.3 is 0 Å². The van der Waals surface area contributed by atoms with Gasteiger partial charge in [0.1, 0.15) is 5.82 Å². The van der Waals surface area contributed by atoms with Crippen molar-refractivity contribution in [3.8, 4) is 0 Å². The number of para-hydroxylation sites is 2. The van der Waals surface area contributed by atoms with Gasteiger partial charge in [-0.15, -0.1) is 0 Å². The summed E-state index contributed by atoms with van der Waals surface area (Å²) in [5.41, 5.74) is 4.30. The van der Waals surface area contributed by atoms with E-state index in [9.17, 15) is 4.79 Å². The molecule has 2 heterocycles. The molecule has 0 atom stereocenters. The average molecular weight is 261 g/mol. The fraction of sp³-hybridized carbons (Fsp3) is 0. The average Bonchev–Trinajstić information content (AvgIpc) is 3.01. The molecule has 96 valence electrons. The number of nitrogens with one attached hydrogen (secondary N) is 2. The van der Waals surface area contributed by atoms with Crippen molar-refractivity contribution < 1.29 is 4.79 Å². The van der Waals surface area contributed by atoms with Crippen LogP contribution >= 0.6 is 0 Å². The van der Waals surface area contributed by atoms with Gasteiger partial charge in [0.05, 0.1) is 16.7 Å². The van der Waals surface area contributed by atoms with Crippen molar-refractivity contribution in [1.29, 1.82) is 0 Å². The van der Waals surface area contributed by atoms with Gasteiger partial charge in [-0.2, -0.15) is 0 Å². The normalized spacial score (nSPS) is 15.6. The molecule has 1 aromatic heterocycles. The molecule has 2 N–H and O–H groups in total. The second-order valence-corrected chi connectivity index (χ2v) is 4.70. The lowest BCUT2D eigenvalue weighted by atomic mass is 10.1. The van der Waals surface area contributed by atoms with Gasteiger partial charge in [-0.1, -0.05) is 30.3 Å². The van der Waals surface area contributed by atoms with Crippen LogP contribution in [0.25, 0.3) is 22.8 Å². The smallest absolute Gasteiger partial charge is 0.256 e. The van der Waals surface area contributed by atoms with E-state index in [1.54, 1.807) is 0 Å². The van der Waals surface area contributed by atoms with Crippen LogP contribution in [0.3, 0.4) is 0 Å². The van der Waals surface area contributed by atoms with Gasteiger partial charge in [0.2, 0.25) is 0 Å². The van der Waals surface area contributed by atoms with E-state index in [4.69, 9.17) is 0 Å². The van der Waals surface area contributed by atoms with Gasteiger partial charge in [-0.05, 0) is 18.2 Å². The Kier molecular flexibility index (Phi) is 2.23. The molecule has 0 radical (unpaired) electrons. The number of hydrogen-bond acceptors (Lipinski definition) is 2. The van der Waals surface area contributed by atoms with Crippen LogP contribution in [0.1, 0.15) is 21.7 Å². The molecule has 0 unspecified atom stereocenters. The van der Waals surface area contributed by atoms with Crippen LogP contribution in [0.4, 0.5) is 0 Å². The molecule has 0 bridgehead atoms. The van der Waals surface area contributed by atoms with Crippen molar-refractivity contribution >= 4 is 28.7 Å². The maximum Gasteiger partial charge on any atom is 0.256 e. The van der Waals surface area contributed by atoms with E-state index in [1.165, 1.54) is 0 Å². The Morgan fingerprint density at radius 1 is 0.950 bits per heavy atom. The summed E-state index contributed by atoms with van der Waals surface area (Å²) in [5, 5.41) is 2.87. The van der Waals surface area contributed by atoms with E-state index in [-0.39, 0.29) is 5.91 Å². The van der Waals surface area contributed by atoms with E-state index in [0.29, 0.717) is 5.56 Å². The van der Waals surface area contributed by atoms with Crippen LogP contribution < -0.4 is 5.32 Å². The zero-order chi connectivity index (χ0) is 13.5. The van der Waals surface area contributed by atoms with Crippen molar-refractivity contribution in [2.45, 2.75) is 0 Å². The van der Waals surface area contributed by atoms with Gasteiger partial charge in [0.25, 0.3) is 5.91 Å². The minimum Gasteiger partial charge on any atom is -0.338 e. The Hall–Kier alpha value is -2.88. The van der Waals surface area contributed by atoms with Crippen molar-refractivity contribution in [2.75, 3.05) is 0 Å². The fourth-order valence-corrected chi connectivity index (χ4v) is 2.46. The lowest BCUT2D eigenvalue weighted by molar-refractivity contribution is 0.0981. The molecule has 1 aliphatic heterocycles. The topological polar surface area (TPSA) is 57.8 Å². The number of amides is 1. The molecule has 0 fully saturated rings. The molecule has 0 saturated carbocycles. The molecule has 0 aliphatic carbocycles. The molecule has 20 heavy (non-hydrogen) atoms. The van der Waals surface area contributed by atoms with E-state index < -0.39 is 0 Å². The highest BCUT2D eigenvalue weighted by molar-refractivity contribution is 6.11. The molecule has 2 aromatic carbocycles. The molecule has 0 spiro atoms. The van der Waals surface area contributed by atoms with Crippen LogP contribution in [0, 0.1) is 0 Å². The first-order valence-corrected chi connectivity index (χ1v) is 6.38. The van der Waals surface area contributed by atoms with E-state index in [0.717, 1.165) is 28.1 Å². The monoisotopic (exact) mass is 261 g/mol. The first-order valence-electron chi connectivity index (χ1n) is 6.38. The summed E-state index contributed by atoms with van der Waals surface area (Å²) in [5.74, 6) is 0.668. The fourth-order valence-electron chi connectivity index (χ4n) is 2.46. The first-order chi connectivity index (χ1) is 9.81. The zero-order valence-corrected chi connectivity index (χ0v) is 10.6. The number of rotatable bonds is 1. The summed E-state index contributed by atoms with van der Waals surface area (Å²) in [6, 6.07) is 15.4. The molecule has 0 saturated heterocycles. The summed E-state index contributed by atoms with van der Waals surface area (Å²) < 4.78 is 0. The lowest BCUT2D eigenvalue weighted by Crippen LogP contribution is -2.11. The van der Waals surface area contributed by atoms with Gasteiger partial charge in [-0.3, -0.25) is 4.79 Å². The highest BCUT2D eigenvalue weighted by atomic mass is 16.1. The third-order valence-corrected chi connectivity index (χ3v) is 3.40. The summed E-state index contributed by atoms with van der Waals surface area (Å²) in [6.07, 6.45) is 1.86. The first kappa shape index (κ1) is 11.0. The molecule has 4 nitrogen and oxygen atoms in total. The van der Waals surface area contributed by atoms with Crippen LogP contribution in [0.15, 0.2) is 48.5 Å². The Bertz CT molecular complexity index is 828. The van der Waals surface area contributed by atoms with Crippen LogP contribution in [0.5, 0.6) is 0 Å². The third kappa shape index (κ3) is 1.62. The number of imidazole rings is 1. The summed E-state index contributed by atoms with van der Waals surface area (Å²) in [7, 11) is 0. The second kappa shape index (κ2) is 4.06. The molecular weight excluding hydrogens is 250 g/mol. The van der Waals surface area contributed by atoms with Crippen molar-refractivity contribution in [2.24, 2.45) is 0 Å². The predicted octanol–water partition coefficient (Wildman–Crippen LogP) is 2.80. The molecular formula is C16H11N3O. The third-order valence-electron chi connectivity index (χ3n) is 3.40. The highest BCUT2D eigenvalue weighted by Gasteiger charge is 2.22. The number of hydrogen-bond donors (Lipinski definition) is 2. The standard InChI is InChI=1S/C16H11N3O/c20-16-11-6-2-1-5-10(11)14(19-16)9-15-17-12-7-3-4-8-13(12)18-15/h1-9H,(H,17,18)(H,19,20). The number of nitrogens with zero attached hydrogens (tertiary/aromatic N) is 1. The van der Waals surface area contributed by atoms with Gasteiger partial charge in [-0.25, -0.2) is 4.98 Å². The largest absolute Gasteiger partial charge is 0.338 e. The lowest BCUT2D eigenvalue weighted by Gasteiger charge is -1.97. The Morgan fingerprint density at radius 3 is 2.55 bits per heavy atom. The Labute approximate surface area is 115 Å². The number of benzene rings is 2. The van der Waals surface area contributed by atoms with Crippen molar-refractivity contribution in [1.82, 2.24) is 15.3 Å². The molecule has 4 heteroatoms. The number of aromatic nitrogens is 2. The summed E-state index contributed by atoms with van der Waals surface area (Å²) in [6.45, 7) is 0. The highest BCUT2D eigenvalue weighted by Crippen LogP contribution is 2.25. The number of carbonyl (C=O) groups excluding carboxylic acids is 1. The maximum atomic E-state index is 11.9. The number of aromatic amines is 1. The minimum absolute atomic E-state index is 0.0667. The van der Waals surface area contributed by atoms with Gasteiger partial charge < -0.3 is 10.3 Å². The zero-order valence-electron chi connectivity index (χ0n) is 10.6. The van der Waals surface area contributed by atoms with E-state index in [2.05, 4.69) is 15.3 Å². The van der Waals surface area contributed by atoms with Crippen LogP contribution in [-0.2, 0) is 0 Å². The Morgan fingerprint density at radius 2 is 1.70 bits per heavy atom. The van der Waals surface area contributed by atoms with Crippen LogP contribution in [0.2, 0.25) is 0 Å². The van der Waals surface area contributed by atoms with Gasteiger partial charge in [0.15, 0.2) is 0 Å². The van der Waals surface area contributed by atoms with Crippen molar-refractivity contribution in [3.05, 3.63) is 65.5 Å². The maximum absolute atomic E-state index is 11.9. The SMILES string of the molecule is O=C1NC(=Cc2nc3ccccc3[nH]2)c2ccccc21. The quantitative estimate of drug-likeness (QED) is 0.707. The van der Waals surface area contributed by atoms with Gasteiger partial charge in [0, 0.05) is 17.2 Å². The molecule has 1 aliphatic rings. The predicted molar refractivity (Wildman–Crippen MR) is 77.9 cm³/mol. The molecule has 3 aromatic rings. The Balaban J connectivity index is 1.83. The van der Waals surface area contributed by atoms with E-state index >= 15 is 0 Å². The van der Waals surface area contributed by atoms with Crippen molar-refractivity contribution in [3.63, 3.8) is 0 Å². The second-order valence-electron chi connectivity index (χ2n) is 4.70. The number of fused-ring (bicyclic) bond motifs is 2. The minimum atomic E-state index is -0.0667. The number of carbonyl (C=O) groups is 1. The molecule has 1 amide bonds. The number of H-pyrrole nitrogens is 1.